The standard InChI is InChI=1S/C14H22BrN2.HI/c1-3-17(4-2)10-8-16(9-11-17)14-7-5-6-13(15)12-14;/h5-7,12H,3-4,8-11H2,1-2H3;1H/q+1;/p-1. The SMILES string of the molecule is CC[N+]1(CC)CCN(c2cccc(Br)c2)CC1.[I-]. The molecule has 1 aromatic carbocycles. The van der Waals surface area contributed by atoms with E-state index in [0.717, 1.165) is 0 Å². The summed E-state index contributed by atoms with van der Waals surface area (Å²) in [6, 6.07) is 8.64. The van der Waals surface area contributed by atoms with Gasteiger partial charge < -0.3 is 33.4 Å². The van der Waals surface area contributed by atoms with Crippen LogP contribution in [0.5, 0.6) is 0 Å². The highest BCUT2D eigenvalue weighted by atomic mass is 127. The molecule has 0 N–H and O–H groups in total. The molecule has 0 radical (unpaired) electrons. The fraction of sp³-hybridized carbons (Fsp3) is 0.571. The molecule has 2 nitrogen and oxygen atoms in total. The number of halogens is 2. The molecule has 102 valence electrons. The molecule has 0 aliphatic carbocycles. The predicted octanol–water partition coefficient (Wildman–Crippen LogP) is 0.130. The van der Waals surface area contributed by atoms with Gasteiger partial charge in [-0.2, -0.15) is 0 Å². The maximum Gasteiger partial charge on any atom is 0.0965 e. The molecular weight excluding hydrogens is 403 g/mol. The summed E-state index contributed by atoms with van der Waals surface area (Å²) in [6.07, 6.45) is 0. The summed E-state index contributed by atoms with van der Waals surface area (Å²) in [4.78, 5) is 2.51. The van der Waals surface area contributed by atoms with Crippen LogP contribution in [0.15, 0.2) is 28.7 Å². The lowest BCUT2D eigenvalue weighted by Crippen LogP contribution is -3.00. The number of piperazine rings is 1. The Hall–Kier alpha value is 0.190. The summed E-state index contributed by atoms with van der Waals surface area (Å²) in [5.74, 6) is 0. The first-order valence-electron chi connectivity index (χ1n) is 6.55. The topological polar surface area (TPSA) is 3.24 Å². The quantitative estimate of drug-likeness (QED) is 0.492. The first kappa shape index (κ1) is 16.2. The monoisotopic (exact) mass is 424 g/mol. The van der Waals surface area contributed by atoms with E-state index in [-0.39, 0.29) is 24.0 Å². The molecule has 1 aliphatic heterocycles. The Morgan fingerprint density at radius 1 is 1.17 bits per heavy atom. The molecule has 1 fully saturated rings. The average Bonchev–Trinajstić information content (AvgIpc) is 2.39. The lowest BCUT2D eigenvalue weighted by molar-refractivity contribution is -0.925. The number of hydrogen-bond donors (Lipinski definition) is 0. The third kappa shape index (κ3) is 3.61. The van der Waals surface area contributed by atoms with Crippen molar-refractivity contribution in [2.75, 3.05) is 44.2 Å². The molecule has 1 saturated heterocycles. The van der Waals surface area contributed by atoms with Gasteiger partial charge in [0.2, 0.25) is 0 Å². The highest BCUT2D eigenvalue weighted by Crippen LogP contribution is 2.23. The summed E-state index contributed by atoms with van der Waals surface area (Å²) in [7, 11) is 0. The fourth-order valence-electron chi connectivity index (χ4n) is 2.68. The molecule has 1 aromatic rings. The van der Waals surface area contributed by atoms with Crippen molar-refractivity contribution in [3.05, 3.63) is 28.7 Å². The smallest absolute Gasteiger partial charge is 0.0965 e. The van der Waals surface area contributed by atoms with Crippen molar-refractivity contribution < 1.29 is 28.5 Å². The first-order chi connectivity index (χ1) is 8.19. The number of benzene rings is 1. The van der Waals surface area contributed by atoms with Gasteiger partial charge in [-0.15, -0.1) is 0 Å². The third-order valence-electron chi connectivity index (χ3n) is 4.20. The van der Waals surface area contributed by atoms with E-state index in [4.69, 9.17) is 0 Å². The van der Waals surface area contributed by atoms with Crippen molar-refractivity contribution in [1.82, 2.24) is 0 Å². The minimum absolute atomic E-state index is 0. The van der Waals surface area contributed by atoms with Crippen LogP contribution in [-0.4, -0.2) is 43.8 Å². The Bertz CT molecular complexity index is 370. The Morgan fingerprint density at radius 2 is 1.78 bits per heavy atom. The molecule has 0 spiro atoms. The van der Waals surface area contributed by atoms with Crippen LogP contribution >= 0.6 is 15.9 Å². The van der Waals surface area contributed by atoms with Gasteiger partial charge in [0.05, 0.1) is 39.3 Å². The van der Waals surface area contributed by atoms with Crippen molar-refractivity contribution in [2.24, 2.45) is 0 Å². The molecule has 0 atom stereocenters. The number of quaternary nitrogens is 1. The second-order valence-corrected chi connectivity index (χ2v) is 5.80. The summed E-state index contributed by atoms with van der Waals surface area (Å²) < 4.78 is 2.46. The van der Waals surface area contributed by atoms with Crippen LogP contribution in [-0.2, 0) is 0 Å². The van der Waals surface area contributed by atoms with E-state index in [1.165, 1.54) is 53.9 Å². The molecule has 18 heavy (non-hydrogen) atoms. The van der Waals surface area contributed by atoms with Gasteiger partial charge in [0.1, 0.15) is 0 Å². The van der Waals surface area contributed by atoms with E-state index < -0.39 is 0 Å². The molecule has 0 unspecified atom stereocenters. The lowest BCUT2D eigenvalue weighted by Gasteiger charge is -2.44. The Kier molecular flexibility index (Phi) is 6.41. The van der Waals surface area contributed by atoms with Gasteiger partial charge in [-0.05, 0) is 32.0 Å². The highest BCUT2D eigenvalue weighted by Gasteiger charge is 2.29. The minimum atomic E-state index is 0. The summed E-state index contributed by atoms with van der Waals surface area (Å²) in [6.45, 7) is 12.1. The number of anilines is 1. The van der Waals surface area contributed by atoms with Crippen LogP contribution < -0.4 is 28.9 Å². The van der Waals surface area contributed by atoms with Gasteiger partial charge in [-0.25, -0.2) is 0 Å². The van der Waals surface area contributed by atoms with Gasteiger partial charge in [-0.1, -0.05) is 22.0 Å². The van der Waals surface area contributed by atoms with Crippen LogP contribution in [0.3, 0.4) is 0 Å². The van der Waals surface area contributed by atoms with E-state index in [0.29, 0.717) is 0 Å². The predicted molar refractivity (Wildman–Crippen MR) is 77.4 cm³/mol. The van der Waals surface area contributed by atoms with Crippen molar-refractivity contribution >= 4 is 21.6 Å². The Morgan fingerprint density at radius 3 is 2.28 bits per heavy atom. The van der Waals surface area contributed by atoms with Gasteiger partial charge in [0.25, 0.3) is 0 Å². The van der Waals surface area contributed by atoms with Crippen molar-refractivity contribution in [2.45, 2.75) is 13.8 Å². The maximum absolute atomic E-state index is 3.55. The van der Waals surface area contributed by atoms with E-state index in [1.807, 2.05) is 0 Å². The Balaban J connectivity index is 0.00000162. The largest absolute Gasteiger partial charge is 1.00 e. The molecule has 1 heterocycles. The number of likely N-dealkylation sites (N-methyl/N-ethyl adjacent to an activating group) is 1. The van der Waals surface area contributed by atoms with Gasteiger partial charge in [0.15, 0.2) is 0 Å². The van der Waals surface area contributed by atoms with Crippen LogP contribution in [0.1, 0.15) is 13.8 Å². The summed E-state index contributed by atoms with van der Waals surface area (Å²) >= 11 is 3.55. The van der Waals surface area contributed by atoms with Gasteiger partial charge >= 0.3 is 0 Å². The third-order valence-corrected chi connectivity index (χ3v) is 4.70. The first-order valence-corrected chi connectivity index (χ1v) is 7.34. The normalized spacial score (nSPS) is 18.3. The highest BCUT2D eigenvalue weighted by molar-refractivity contribution is 9.10. The number of rotatable bonds is 3. The minimum Gasteiger partial charge on any atom is -1.00 e. The fourth-order valence-corrected chi connectivity index (χ4v) is 3.06. The summed E-state index contributed by atoms with van der Waals surface area (Å²) in [5, 5.41) is 0. The zero-order chi connectivity index (χ0) is 12.3. The van der Waals surface area contributed by atoms with Crippen molar-refractivity contribution in [3.8, 4) is 0 Å². The zero-order valence-electron chi connectivity index (χ0n) is 11.2. The second kappa shape index (κ2) is 7.10. The average molecular weight is 425 g/mol. The maximum atomic E-state index is 3.55. The molecule has 2 rings (SSSR count). The van der Waals surface area contributed by atoms with E-state index in [9.17, 15) is 0 Å². The van der Waals surface area contributed by atoms with Gasteiger partial charge in [0, 0.05) is 10.2 Å². The molecule has 4 heteroatoms. The van der Waals surface area contributed by atoms with Gasteiger partial charge in [-0.3, -0.25) is 0 Å². The molecule has 0 amide bonds. The lowest BCUT2D eigenvalue weighted by atomic mass is 10.2. The van der Waals surface area contributed by atoms with E-state index in [1.54, 1.807) is 0 Å². The van der Waals surface area contributed by atoms with Crippen molar-refractivity contribution in [1.29, 1.82) is 0 Å². The molecular formula is C14H22BrIN2. The Labute approximate surface area is 136 Å². The molecule has 0 bridgehead atoms. The summed E-state index contributed by atoms with van der Waals surface area (Å²) in [5.41, 5.74) is 1.35. The molecule has 0 aromatic heterocycles. The number of hydrogen-bond acceptors (Lipinski definition) is 1. The molecule has 1 aliphatic rings. The van der Waals surface area contributed by atoms with Crippen LogP contribution in [0.4, 0.5) is 5.69 Å². The van der Waals surface area contributed by atoms with Crippen molar-refractivity contribution in [3.63, 3.8) is 0 Å². The van der Waals surface area contributed by atoms with Crippen LogP contribution in [0.2, 0.25) is 0 Å². The second-order valence-electron chi connectivity index (χ2n) is 4.89. The number of nitrogens with zero attached hydrogens (tertiary/aromatic N) is 2. The van der Waals surface area contributed by atoms with Crippen LogP contribution in [0.25, 0.3) is 0 Å². The zero-order valence-corrected chi connectivity index (χ0v) is 14.9. The van der Waals surface area contributed by atoms with E-state index in [2.05, 4.69) is 58.9 Å². The van der Waals surface area contributed by atoms with Crippen LogP contribution in [0, 0.1) is 0 Å². The molecule has 0 saturated carbocycles. The van der Waals surface area contributed by atoms with E-state index >= 15 is 0 Å².